The quantitative estimate of drug-likeness (QED) is 0.478. The van der Waals surface area contributed by atoms with Gasteiger partial charge in [0.15, 0.2) is 11.5 Å². The molecule has 3 amide bonds. The van der Waals surface area contributed by atoms with Crippen LogP contribution in [0, 0.1) is 0 Å². The molecule has 40 heavy (non-hydrogen) atoms. The second kappa shape index (κ2) is 12.9. The van der Waals surface area contributed by atoms with Crippen molar-refractivity contribution in [2.45, 2.75) is 32.9 Å². The van der Waals surface area contributed by atoms with Crippen LogP contribution in [-0.2, 0) is 9.53 Å². The van der Waals surface area contributed by atoms with Crippen LogP contribution in [0.3, 0.4) is 0 Å². The van der Waals surface area contributed by atoms with Crippen molar-refractivity contribution in [3.8, 4) is 11.5 Å². The molecular weight excluding hydrogens is 512 g/mol. The zero-order valence-corrected chi connectivity index (χ0v) is 23.8. The summed E-state index contributed by atoms with van der Waals surface area (Å²) in [4.78, 5) is 45.6. The summed E-state index contributed by atoms with van der Waals surface area (Å²) >= 11 is 0. The summed E-state index contributed by atoms with van der Waals surface area (Å²) in [7, 11) is 3.09. The predicted molar refractivity (Wildman–Crippen MR) is 150 cm³/mol. The molecule has 0 aromatic heterocycles. The number of carbonyl (C=O) groups excluding carboxylic acids is 3. The minimum absolute atomic E-state index is 0.0000703. The molecule has 10 heteroatoms. The highest BCUT2D eigenvalue weighted by Gasteiger charge is 2.39. The van der Waals surface area contributed by atoms with E-state index in [1.807, 2.05) is 49.1 Å². The van der Waals surface area contributed by atoms with E-state index in [-0.39, 0.29) is 24.6 Å². The molecule has 0 spiro atoms. The molecule has 1 N–H and O–H groups in total. The van der Waals surface area contributed by atoms with Gasteiger partial charge in [0.1, 0.15) is 0 Å². The van der Waals surface area contributed by atoms with E-state index in [1.165, 1.54) is 7.11 Å². The maximum absolute atomic E-state index is 13.5. The lowest BCUT2D eigenvalue weighted by Gasteiger charge is -2.43. The average molecular weight is 551 g/mol. The lowest BCUT2D eigenvalue weighted by atomic mass is 9.93. The molecule has 2 heterocycles. The van der Waals surface area contributed by atoms with Gasteiger partial charge < -0.3 is 24.4 Å². The number of methoxy groups -OCH3 is 2. The summed E-state index contributed by atoms with van der Waals surface area (Å²) in [5.74, 6) is 0.550. The van der Waals surface area contributed by atoms with Gasteiger partial charge >= 0.3 is 12.0 Å². The molecule has 0 aliphatic carbocycles. The molecule has 2 atom stereocenters. The second-order valence-corrected chi connectivity index (χ2v) is 9.77. The molecule has 1 fully saturated rings. The van der Waals surface area contributed by atoms with Gasteiger partial charge in [0.05, 0.1) is 32.4 Å². The van der Waals surface area contributed by atoms with Gasteiger partial charge in [0, 0.05) is 50.0 Å². The van der Waals surface area contributed by atoms with E-state index < -0.39 is 12.0 Å². The number of amides is 3. The van der Waals surface area contributed by atoms with Crippen LogP contribution in [0.15, 0.2) is 59.8 Å². The number of ether oxygens (including phenoxy) is 3. The number of nitrogens with zero attached hydrogens (tertiary/aromatic N) is 3. The van der Waals surface area contributed by atoms with Crippen molar-refractivity contribution in [2.24, 2.45) is 0 Å². The Morgan fingerprint density at radius 1 is 1.00 bits per heavy atom. The monoisotopic (exact) mass is 550 g/mol. The molecule has 10 nitrogen and oxygen atoms in total. The van der Waals surface area contributed by atoms with Crippen LogP contribution >= 0.6 is 0 Å². The van der Waals surface area contributed by atoms with Crippen LogP contribution in [0.25, 0.3) is 0 Å². The number of rotatable bonds is 9. The lowest BCUT2D eigenvalue weighted by molar-refractivity contribution is -0.139. The molecule has 2 aliphatic rings. The summed E-state index contributed by atoms with van der Waals surface area (Å²) < 4.78 is 16.4. The summed E-state index contributed by atoms with van der Waals surface area (Å²) in [6, 6.07) is 13.5. The lowest BCUT2D eigenvalue weighted by Crippen LogP contribution is -2.56. The largest absolute Gasteiger partial charge is 0.493 e. The summed E-state index contributed by atoms with van der Waals surface area (Å²) in [5, 5.41) is 2.99. The van der Waals surface area contributed by atoms with Crippen LogP contribution in [0.2, 0.25) is 0 Å². The van der Waals surface area contributed by atoms with Crippen molar-refractivity contribution in [1.82, 2.24) is 20.0 Å². The third kappa shape index (κ3) is 5.91. The Bertz CT molecular complexity index is 1260. The maximum Gasteiger partial charge on any atom is 0.338 e. The highest BCUT2D eigenvalue weighted by Crippen LogP contribution is 2.36. The number of esters is 1. The Morgan fingerprint density at radius 2 is 1.73 bits per heavy atom. The van der Waals surface area contributed by atoms with Gasteiger partial charge in [-0.2, -0.15) is 0 Å². The van der Waals surface area contributed by atoms with Gasteiger partial charge in [-0.1, -0.05) is 24.3 Å². The first-order valence-electron chi connectivity index (χ1n) is 13.6. The maximum atomic E-state index is 13.5. The second-order valence-electron chi connectivity index (χ2n) is 9.77. The van der Waals surface area contributed by atoms with Crippen molar-refractivity contribution in [3.63, 3.8) is 0 Å². The Labute approximate surface area is 235 Å². The van der Waals surface area contributed by atoms with Gasteiger partial charge in [-0.05, 0) is 50.6 Å². The standard InChI is InChI=1S/C30H38N4O6/c1-6-33-23(19-32-15-16-34(20(3)18-32)28(35)21-11-9-8-10-12-21)26(29(36)40-7-2)27(31-30(33)37)22-13-14-24(38-4)25(17-22)39-5/h8-14,17,20,27H,6-7,15-16,18-19H2,1-5H3,(H,31,37). The van der Waals surface area contributed by atoms with Crippen molar-refractivity contribution in [3.05, 3.63) is 70.9 Å². The minimum atomic E-state index is -0.734. The summed E-state index contributed by atoms with van der Waals surface area (Å²) in [6.45, 7) is 8.32. The fourth-order valence-electron chi connectivity index (χ4n) is 5.38. The van der Waals surface area contributed by atoms with E-state index in [0.717, 1.165) is 0 Å². The number of nitrogens with one attached hydrogen (secondary N) is 1. The SMILES string of the molecule is CCOC(=O)C1=C(CN2CCN(C(=O)c3ccccc3)C(C)C2)N(CC)C(=O)NC1c1ccc(OC)c(OC)c1. The number of likely N-dealkylation sites (N-methyl/N-ethyl adjacent to an activating group) is 1. The number of urea groups is 1. The molecule has 4 rings (SSSR count). The first kappa shape index (κ1) is 28.9. The number of hydrogen-bond acceptors (Lipinski definition) is 7. The molecule has 2 aromatic rings. The third-order valence-electron chi connectivity index (χ3n) is 7.36. The molecule has 2 unspecified atom stereocenters. The first-order valence-corrected chi connectivity index (χ1v) is 13.6. The van der Waals surface area contributed by atoms with Gasteiger partial charge in [-0.25, -0.2) is 9.59 Å². The number of piperazine rings is 1. The highest BCUT2D eigenvalue weighted by molar-refractivity contribution is 5.95. The normalized spacial score (nSPS) is 19.8. The van der Waals surface area contributed by atoms with Gasteiger partial charge in [-0.15, -0.1) is 0 Å². The zero-order valence-electron chi connectivity index (χ0n) is 23.8. The zero-order chi connectivity index (χ0) is 28.8. The fraction of sp³-hybridized carbons (Fsp3) is 0.433. The van der Waals surface area contributed by atoms with Crippen molar-refractivity contribution in [2.75, 3.05) is 53.6 Å². The van der Waals surface area contributed by atoms with Gasteiger partial charge in [0.2, 0.25) is 0 Å². The highest BCUT2D eigenvalue weighted by atomic mass is 16.5. The van der Waals surface area contributed by atoms with Crippen molar-refractivity contribution in [1.29, 1.82) is 0 Å². The molecule has 1 saturated heterocycles. The number of carbonyl (C=O) groups is 3. The van der Waals surface area contributed by atoms with Crippen LogP contribution in [0.4, 0.5) is 4.79 Å². The third-order valence-corrected chi connectivity index (χ3v) is 7.36. The Morgan fingerprint density at radius 3 is 2.35 bits per heavy atom. The molecule has 214 valence electrons. The van der Waals surface area contributed by atoms with E-state index in [4.69, 9.17) is 14.2 Å². The van der Waals surface area contributed by atoms with Crippen LogP contribution in [0.5, 0.6) is 11.5 Å². The van der Waals surface area contributed by atoms with E-state index in [9.17, 15) is 14.4 Å². The molecular formula is C30H38N4O6. The topological polar surface area (TPSA) is 101 Å². The summed E-state index contributed by atoms with van der Waals surface area (Å²) in [5.41, 5.74) is 2.31. The van der Waals surface area contributed by atoms with Gasteiger partial charge in [0.25, 0.3) is 5.91 Å². The van der Waals surface area contributed by atoms with Crippen LogP contribution in [-0.4, -0.2) is 92.2 Å². The molecule has 0 bridgehead atoms. The van der Waals surface area contributed by atoms with Crippen molar-refractivity contribution < 1.29 is 28.6 Å². The first-order chi connectivity index (χ1) is 19.3. The fourth-order valence-corrected chi connectivity index (χ4v) is 5.38. The van der Waals surface area contributed by atoms with Crippen LogP contribution in [0.1, 0.15) is 42.7 Å². The number of benzene rings is 2. The van der Waals surface area contributed by atoms with Crippen molar-refractivity contribution >= 4 is 17.9 Å². The van der Waals surface area contributed by atoms with E-state index in [2.05, 4.69) is 10.2 Å². The van der Waals surface area contributed by atoms with E-state index >= 15 is 0 Å². The van der Waals surface area contributed by atoms with E-state index in [1.54, 1.807) is 37.1 Å². The molecule has 2 aliphatic heterocycles. The average Bonchev–Trinajstić information content (AvgIpc) is 2.97. The van der Waals surface area contributed by atoms with Crippen LogP contribution < -0.4 is 14.8 Å². The summed E-state index contributed by atoms with van der Waals surface area (Å²) in [6.07, 6.45) is 0. The molecule has 2 aromatic carbocycles. The molecule has 0 saturated carbocycles. The Balaban J connectivity index is 1.67. The Kier molecular flexibility index (Phi) is 9.31. The Hall–Kier alpha value is -4.05. The minimum Gasteiger partial charge on any atom is -0.493 e. The number of hydrogen-bond donors (Lipinski definition) is 1. The smallest absolute Gasteiger partial charge is 0.338 e. The van der Waals surface area contributed by atoms with Gasteiger partial charge in [-0.3, -0.25) is 14.6 Å². The molecule has 0 radical (unpaired) electrons. The van der Waals surface area contributed by atoms with E-state index in [0.29, 0.717) is 66.6 Å². The predicted octanol–water partition coefficient (Wildman–Crippen LogP) is 3.45.